The first kappa shape index (κ1) is 41.0. The number of nitrogens with zero attached hydrogens (tertiary/aromatic N) is 6. The summed E-state index contributed by atoms with van der Waals surface area (Å²) in [5.74, 6) is 0.794. The number of urea groups is 1. The zero-order valence-corrected chi connectivity index (χ0v) is 35.0. The number of hydrogen-bond acceptors (Lipinski definition) is 11. The number of nitrogens with one attached hydrogen (secondary N) is 4. The van der Waals surface area contributed by atoms with Crippen molar-refractivity contribution in [2.45, 2.75) is 71.2 Å². The lowest BCUT2D eigenvalue weighted by atomic mass is 9.95. The molecule has 14 heteroatoms. The Bertz CT molecular complexity index is 2110. The number of imide groups is 1. The standard InChI is InChI=1S/C46H58N10O4/c1-31(2)60-40-29-56(30-40)46(59)48-27-35-5-4-34(26-32(35)3)41-16-19-47-45(51-41)50-37-8-12-38(13-9-37)54-20-17-33(18-21-54)28-53-22-24-55(25-23-53)39-10-6-36(7-11-39)49-42-14-15-43(57)52-44(42)58/h4-13,16,19,26,31,33,40,42,49H,14-15,17-18,20-25,27-30H2,1-3H3,(H,48,59)(H,47,50,51)(H,52,57,58). The number of piperazine rings is 1. The highest BCUT2D eigenvalue weighted by molar-refractivity contribution is 6.01. The second-order valence-corrected chi connectivity index (χ2v) is 16.9. The summed E-state index contributed by atoms with van der Waals surface area (Å²) in [6, 6.07) is 24.6. The molecule has 1 aromatic heterocycles. The number of ether oxygens (including phenoxy) is 1. The fourth-order valence-corrected chi connectivity index (χ4v) is 8.60. The fraction of sp³-hybridized carbons (Fsp3) is 0.457. The highest BCUT2D eigenvalue weighted by Crippen LogP contribution is 2.28. The Kier molecular flexibility index (Phi) is 12.8. The van der Waals surface area contributed by atoms with Crippen LogP contribution < -0.4 is 31.1 Å². The fourth-order valence-electron chi connectivity index (χ4n) is 8.60. The van der Waals surface area contributed by atoms with Crippen LogP contribution in [0.4, 0.5) is 33.5 Å². The molecule has 1 unspecified atom stereocenters. The van der Waals surface area contributed by atoms with Gasteiger partial charge in [0.25, 0.3) is 0 Å². The molecule has 4 saturated heterocycles. The maximum atomic E-state index is 12.6. The van der Waals surface area contributed by atoms with Gasteiger partial charge in [-0.1, -0.05) is 12.1 Å². The Hall–Kier alpha value is -5.73. The molecule has 0 saturated carbocycles. The van der Waals surface area contributed by atoms with E-state index in [2.05, 4.69) is 96.4 Å². The summed E-state index contributed by atoms with van der Waals surface area (Å²) in [7, 11) is 0. The van der Waals surface area contributed by atoms with Crippen molar-refractivity contribution in [2.75, 3.05) is 79.3 Å². The average molecular weight is 815 g/mol. The van der Waals surface area contributed by atoms with Crippen LogP contribution in [0.3, 0.4) is 0 Å². The molecule has 60 heavy (non-hydrogen) atoms. The number of aromatic nitrogens is 2. The first-order valence-electron chi connectivity index (χ1n) is 21.5. The second-order valence-electron chi connectivity index (χ2n) is 16.9. The van der Waals surface area contributed by atoms with Crippen molar-refractivity contribution in [3.63, 3.8) is 0 Å². The Morgan fingerprint density at radius 3 is 2.20 bits per heavy atom. The maximum Gasteiger partial charge on any atom is 0.317 e. The van der Waals surface area contributed by atoms with E-state index in [1.54, 1.807) is 11.1 Å². The Morgan fingerprint density at radius 1 is 0.850 bits per heavy atom. The minimum atomic E-state index is -0.371. The SMILES string of the molecule is Cc1cc(-c2ccnc(Nc3ccc(N4CCC(CN5CCN(c6ccc(NC7CCC(=O)NC7=O)cc6)CC5)CC4)cc3)n2)ccc1CNC(=O)N1CC(OC(C)C)C1. The Balaban J connectivity index is 0.751. The number of carbonyl (C=O) groups is 3. The van der Waals surface area contributed by atoms with Gasteiger partial charge in [-0.2, -0.15) is 0 Å². The molecule has 316 valence electrons. The summed E-state index contributed by atoms with van der Waals surface area (Å²) in [4.78, 5) is 54.8. The normalized spacial score (nSPS) is 19.3. The van der Waals surface area contributed by atoms with Crippen molar-refractivity contribution in [2.24, 2.45) is 5.92 Å². The van der Waals surface area contributed by atoms with Gasteiger partial charge < -0.3 is 35.4 Å². The zero-order valence-electron chi connectivity index (χ0n) is 35.0. The summed E-state index contributed by atoms with van der Waals surface area (Å²) in [6.45, 7) is 15.2. The van der Waals surface area contributed by atoms with Crippen LogP contribution in [-0.2, 0) is 20.9 Å². The summed E-state index contributed by atoms with van der Waals surface area (Å²) >= 11 is 0. The first-order chi connectivity index (χ1) is 29.1. The number of piperidine rings is 2. The molecule has 0 spiro atoms. The van der Waals surface area contributed by atoms with E-state index in [1.807, 2.05) is 38.1 Å². The molecule has 8 rings (SSSR count). The number of hydrogen-bond donors (Lipinski definition) is 4. The molecule has 0 radical (unpaired) electrons. The van der Waals surface area contributed by atoms with Crippen LogP contribution in [0.1, 0.15) is 50.7 Å². The number of aryl methyl sites for hydroxylation is 1. The van der Waals surface area contributed by atoms with E-state index in [0.29, 0.717) is 44.3 Å². The summed E-state index contributed by atoms with van der Waals surface area (Å²) in [6.07, 6.45) is 5.33. The summed E-state index contributed by atoms with van der Waals surface area (Å²) in [5.41, 5.74) is 8.26. The third kappa shape index (κ3) is 10.3. The van der Waals surface area contributed by atoms with Crippen molar-refractivity contribution >= 4 is 46.5 Å². The minimum Gasteiger partial charge on any atom is -0.374 e. The molecule has 3 aromatic carbocycles. The quantitative estimate of drug-likeness (QED) is 0.122. The van der Waals surface area contributed by atoms with Crippen LogP contribution in [0.2, 0.25) is 0 Å². The highest BCUT2D eigenvalue weighted by Gasteiger charge is 2.32. The molecule has 1 atom stereocenters. The molecule has 4 aliphatic heterocycles. The first-order valence-corrected chi connectivity index (χ1v) is 21.5. The topological polar surface area (TPSA) is 147 Å². The van der Waals surface area contributed by atoms with E-state index in [0.717, 1.165) is 79.6 Å². The van der Waals surface area contributed by atoms with Crippen LogP contribution >= 0.6 is 0 Å². The van der Waals surface area contributed by atoms with Gasteiger partial charge in [0.15, 0.2) is 0 Å². The van der Waals surface area contributed by atoms with Gasteiger partial charge in [-0.25, -0.2) is 14.8 Å². The van der Waals surface area contributed by atoms with E-state index in [-0.39, 0.29) is 36.1 Å². The number of likely N-dealkylation sites (tertiary alicyclic amines) is 1. The lowest BCUT2D eigenvalue weighted by Gasteiger charge is -2.40. The average Bonchev–Trinajstić information content (AvgIpc) is 3.24. The molecule has 0 bridgehead atoms. The van der Waals surface area contributed by atoms with Gasteiger partial charge >= 0.3 is 6.03 Å². The van der Waals surface area contributed by atoms with Crippen molar-refractivity contribution in [3.05, 3.63) is 90.1 Å². The molecule has 4 N–H and O–H groups in total. The molecule has 14 nitrogen and oxygen atoms in total. The highest BCUT2D eigenvalue weighted by atomic mass is 16.5. The van der Waals surface area contributed by atoms with Crippen molar-refractivity contribution in [1.82, 2.24) is 30.4 Å². The second kappa shape index (κ2) is 18.7. The monoisotopic (exact) mass is 814 g/mol. The predicted molar refractivity (Wildman–Crippen MR) is 236 cm³/mol. The molecule has 4 aliphatic rings. The molecule has 5 heterocycles. The largest absolute Gasteiger partial charge is 0.374 e. The summed E-state index contributed by atoms with van der Waals surface area (Å²) < 4.78 is 5.77. The van der Waals surface area contributed by atoms with Gasteiger partial charge in [0.1, 0.15) is 6.04 Å². The number of rotatable bonds is 13. The van der Waals surface area contributed by atoms with Crippen molar-refractivity contribution in [3.8, 4) is 11.3 Å². The smallest absolute Gasteiger partial charge is 0.317 e. The number of anilines is 5. The molecule has 4 fully saturated rings. The van der Waals surface area contributed by atoms with Gasteiger partial charge in [0.05, 0.1) is 31.0 Å². The zero-order chi connectivity index (χ0) is 41.6. The third-order valence-corrected chi connectivity index (χ3v) is 12.1. The number of amides is 4. The molecule has 4 aromatic rings. The lowest BCUT2D eigenvalue weighted by Crippen LogP contribution is -2.58. The van der Waals surface area contributed by atoms with E-state index in [1.165, 1.54) is 24.2 Å². The summed E-state index contributed by atoms with van der Waals surface area (Å²) in [5, 5.41) is 12.1. The van der Waals surface area contributed by atoms with Gasteiger partial charge in [-0.15, -0.1) is 0 Å². The third-order valence-electron chi connectivity index (χ3n) is 12.1. The van der Waals surface area contributed by atoms with Crippen LogP contribution in [0.15, 0.2) is 79.0 Å². The van der Waals surface area contributed by atoms with E-state index < -0.39 is 0 Å². The number of benzene rings is 3. The van der Waals surface area contributed by atoms with Crippen LogP contribution in [0, 0.1) is 12.8 Å². The van der Waals surface area contributed by atoms with E-state index >= 15 is 0 Å². The van der Waals surface area contributed by atoms with Crippen molar-refractivity contribution in [1.29, 1.82) is 0 Å². The maximum absolute atomic E-state index is 12.6. The van der Waals surface area contributed by atoms with E-state index in [9.17, 15) is 14.4 Å². The van der Waals surface area contributed by atoms with E-state index in [4.69, 9.17) is 9.72 Å². The molecular formula is C46H58N10O4. The van der Waals surface area contributed by atoms with Gasteiger partial charge in [-0.05, 0) is 118 Å². The Labute approximate surface area is 353 Å². The van der Waals surface area contributed by atoms with Crippen LogP contribution in [-0.4, -0.2) is 115 Å². The van der Waals surface area contributed by atoms with Gasteiger partial charge in [0, 0.05) is 93.3 Å². The lowest BCUT2D eigenvalue weighted by molar-refractivity contribution is -0.133. The van der Waals surface area contributed by atoms with Gasteiger partial charge in [0.2, 0.25) is 17.8 Å². The van der Waals surface area contributed by atoms with Crippen LogP contribution in [0.25, 0.3) is 11.3 Å². The number of carbonyl (C=O) groups excluding carboxylic acids is 3. The van der Waals surface area contributed by atoms with Crippen LogP contribution in [0.5, 0.6) is 0 Å². The minimum absolute atomic E-state index is 0.0605. The Morgan fingerprint density at radius 2 is 1.53 bits per heavy atom. The molecule has 4 amide bonds. The predicted octanol–water partition coefficient (Wildman–Crippen LogP) is 5.77. The van der Waals surface area contributed by atoms with Crippen molar-refractivity contribution < 1.29 is 19.1 Å². The molecule has 0 aliphatic carbocycles. The van der Waals surface area contributed by atoms with Gasteiger partial charge in [-0.3, -0.25) is 19.8 Å². The molecular weight excluding hydrogens is 757 g/mol.